The van der Waals surface area contributed by atoms with Crippen LogP contribution in [0, 0.1) is 23.5 Å². The second-order valence-electron chi connectivity index (χ2n) is 8.15. The van der Waals surface area contributed by atoms with E-state index < -0.39 is 48.2 Å². The van der Waals surface area contributed by atoms with E-state index in [1.807, 2.05) is 0 Å². The minimum atomic E-state index is -5.30. The number of carbonyl (C=O) groups excluding carboxylic acids is 2. The summed E-state index contributed by atoms with van der Waals surface area (Å²) < 4.78 is 70.1. The molecule has 1 aromatic carbocycles. The fraction of sp³-hybridized carbons (Fsp3) is 0.348. The number of carbonyl (C=O) groups is 2. The molecule has 0 saturated carbocycles. The number of halogens is 5. The molecule has 2 aliphatic rings. The van der Waals surface area contributed by atoms with Crippen molar-refractivity contribution in [3.05, 3.63) is 53.4 Å². The molecule has 10 nitrogen and oxygen atoms in total. The Kier molecular flexibility index (Phi) is 7.72. The van der Waals surface area contributed by atoms with E-state index in [2.05, 4.69) is 31.6 Å². The first kappa shape index (κ1) is 26.7. The van der Waals surface area contributed by atoms with Crippen LogP contribution in [-0.2, 0) is 9.53 Å². The number of ether oxygens (including phenoxy) is 1. The summed E-state index contributed by atoms with van der Waals surface area (Å²) in [6, 6.07) is 2.12. The van der Waals surface area contributed by atoms with Crippen LogP contribution in [0.5, 0.6) is 0 Å². The molecule has 1 saturated heterocycles. The summed E-state index contributed by atoms with van der Waals surface area (Å²) in [5.41, 5.74) is 5.78. The number of urea groups is 1. The number of benzene rings is 1. The number of rotatable bonds is 2. The van der Waals surface area contributed by atoms with Crippen LogP contribution in [0.3, 0.4) is 0 Å². The van der Waals surface area contributed by atoms with Crippen molar-refractivity contribution in [3.63, 3.8) is 0 Å². The van der Waals surface area contributed by atoms with Gasteiger partial charge in [0.15, 0.2) is 0 Å². The molecule has 2 amide bonds. The first-order chi connectivity index (χ1) is 18.0. The van der Waals surface area contributed by atoms with Crippen molar-refractivity contribution in [2.75, 3.05) is 37.6 Å². The normalized spacial score (nSPS) is 17.6. The number of alkyl halides is 3. The van der Waals surface area contributed by atoms with Gasteiger partial charge in [-0.05, 0) is 29.7 Å². The molecule has 0 radical (unpaired) electrons. The topological polar surface area (TPSA) is 117 Å². The minimum Gasteiger partial charge on any atom is -0.403 e. The van der Waals surface area contributed by atoms with Crippen molar-refractivity contribution < 1.29 is 36.3 Å². The zero-order valence-electron chi connectivity index (χ0n) is 19.6. The van der Waals surface area contributed by atoms with Crippen LogP contribution in [-0.4, -0.2) is 76.7 Å². The van der Waals surface area contributed by atoms with E-state index in [0.29, 0.717) is 30.8 Å². The van der Waals surface area contributed by atoms with E-state index in [1.165, 1.54) is 11.1 Å². The van der Waals surface area contributed by atoms with Crippen LogP contribution in [0.4, 0.5) is 32.7 Å². The molecule has 4 rings (SSSR count). The molecule has 200 valence electrons. The fourth-order valence-electron chi connectivity index (χ4n) is 3.87. The van der Waals surface area contributed by atoms with Crippen LogP contribution in [0.25, 0.3) is 0 Å². The monoisotopic (exact) mass is 537 g/mol. The summed E-state index contributed by atoms with van der Waals surface area (Å²) in [5.74, 6) is 0.729. The van der Waals surface area contributed by atoms with Gasteiger partial charge in [-0.3, -0.25) is 0 Å². The number of hydrogen-bond acceptors (Lipinski definition) is 8. The van der Waals surface area contributed by atoms with E-state index >= 15 is 0 Å². The molecule has 1 aromatic heterocycles. The predicted molar refractivity (Wildman–Crippen MR) is 122 cm³/mol. The Bertz CT molecular complexity index is 1300. The van der Waals surface area contributed by atoms with E-state index in [1.54, 1.807) is 11.0 Å². The van der Waals surface area contributed by atoms with Crippen molar-refractivity contribution >= 4 is 23.8 Å². The van der Waals surface area contributed by atoms with E-state index in [4.69, 9.17) is 5.73 Å². The molecule has 2 N–H and O–H groups in total. The van der Waals surface area contributed by atoms with Gasteiger partial charge in [-0.1, -0.05) is 5.92 Å². The zero-order valence-corrected chi connectivity index (χ0v) is 19.6. The van der Waals surface area contributed by atoms with E-state index in [9.17, 15) is 31.5 Å². The third kappa shape index (κ3) is 6.14. The fourth-order valence-corrected chi connectivity index (χ4v) is 3.87. The molecule has 1 atom stereocenters. The van der Waals surface area contributed by atoms with Crippen LogP contribution < -0.4 is 10.6 Å². The maximum absolute atomic E-state index is 13.9. The Balaban J connectivity index is 1.51. The molecule has 1 unspecified atom stereocenters. The van der Waals surface area contributed by atoms with Gasteiger partial charge in [-0.25, -0.2) is 33.3 Å². The highest BCUT2D eigenvalue weighted by molar-refractivity contribution is 5.93. The van der Waals surface area contributed by atoms with Gasteiger partial charge in [-0.2, -0.15) is 13.2 Å². The standard InChI is InChI=1S/C23H20F5N7O3/c24-15-10-14(11-16(25)12-15)18-13-19(38-20(36)23(26,27)28)32-35(18)22(37)34-8-6-33(7-9-34)21-30-5-3-17(31-21)2-1-4-29/h3,5,10-12,18H,4,6-9,13,29H2. The van der Waals surface area contributed by atoms with Crippen molar-refractivity contribution in [1.82, 2.24) is 19.9 Å². The molecule has 0 spiro atoms. The first-order valence-electron chi connectivity index (χ1n) is 11.2. The van der Waals surface area contributed by atoms with Gasteiger partial charge in [-0.15, -0.1) is 5.10 Å². The maximum atomic E-state index is 13.9. The molecule has 15 heteroatoms. The molecule has 2 aliphatic heterocycles. The zero-order chi connectivity index (χ0) is 27.4. The highest BCUT2D eigenvalue weighted by Crippen LogP contribution is 2.34. The van der Waals surface area contributed by atoms with Gasteiger partial charge in [0.25, 0.3) is 0 Å². The third-order valence-corrected chi connectivity index (χ3v) is 5.58. The summed E-state index contributed by atoms with van der Waals surface area (Å²) in [5, 5.41) is 4.52. The number of hydrogen-bond donors (Lipinski definition) is 1. The Morgan fingerprint density at radius 3 is 2.42 bits per heavy atom. The SMILES string of the molecule is NCC#Cc1ccnc(N2CCN(C(=O)N3N=C(OC(=O)C(F)(F)F)CC3c3cc(F)cc(F)c3)CC2)n1. The number of aromatic nitrogens is 2. The predicted octanol–water partition coefficient (Wildman–Crippen LogP) is 2.17. The van der Waals surface area contributed by atoms with Gasteiger partial charge in [0.1, 0.15) is 17.3 Å². The summed E-state index contributed by atoms with van der Waals surface area (Å²) >= 11 is 0. The second-order valence-corrected chi connectivity index (χ2v) is 8.15. The number of anilines is 1. The van der Waals surface area contributed by atoms with E-state index in [-0.39, 0.29) is 25.2 Å². The average molecular weight is 537 g/mol. The Labute approximate surface area is 212 Å². The van der Waals surface area contributed by atoms with Crippen LogP contribution >= 0.6 is 0 Å². The number of nitrogens with zero attached hydrogens (tertiary/aromatic N) is 6. The number of nitrogens with two attached hydrogens (primary N) is 1. The Morgan fingerprint density at radius 2 is 1.79 bits per heavy atom. The number of esters is 1. The Morgan fingerprint density at radius 1 is 1.11 bits per heavy atom. The first-order valence-corrected chi connectivity index (χ1v) is 11.2. The Hall–Kier alpha value is -4.32. The highest BCUT2D eigenvalue weighted by Gasteiger charge is 2.44. The van der Waals surface area contributed by atoms with Gasteiger partial charge >= 0.3 is 18.2 Å². The molecular weight excluding hydrogens is 517 g/mol. The quantitative estimate of drug-likeness (QED) is 0.355. The van der Waals surface area contributed by atoms with Gasteiger partial charge in [0.2, 0.25) is 11.8 Å². The summed E-state index contributed by atoms with van der Waals surface area (Å²) in [7, 11) is 0. The number of hydrazone groups is 1. The largest absolute Gasteiger partial charge is 0.491 e. The lowest BCUT2D eigenvalue weighted by Crippen LogP contribution is -2.52. The van der Waals surface area contributed by atoms with Crippen LogP contribution in [0.2, 0.25) is 0 Å². The van der Waals surface area contributed by atoms with Gasteiger partial charge in [0.05, 0.1) is 19.0 Å². The third-order valence-electron chi connectivity index (χ3n) is 5.58. The lowest BCUT2D eigenvalue weighted by atomic mass is 10.0. The average Bonchev–Trinajstić information content (AvgIpc) is 3.30. The van der Waals surface area contributed by atoms with Crippen molar-refractivity contribution in [2.24, 2.45) is 10.8 Å². The summed E-state index contributed by atoms with van der Waals surface area (Å²) in [4.78, 5) is 36.3. The van der Waals surface area contributed by atoms with Crippen LogP contribution in [0.15, 0.2) is 35.6 Å². The molecule has 2 aromatic rings. The van der Waals surface area contributed by atoms with Gasteiger partial charge < -0.3 is 20.3 Å². The minimum absolute atomic E-state index is 0.0694. The number of piperazine rings is 1. The van der Waals surface area contributed by atoms with Crippen molar-refractivity contribution in [2.45, 2.75) is 18.6 Å². The summed E-state index contributed by atoms with van der Waals surface area (Å²) in [6.45, 7) is 1.06. The summed E-state index contributed by atoms with van der Waals surface area (Å²) in [6.07, 6.45) is -4.27. The molecule has 38 heavy (non-hydrogen) atoms. The van der Waals surface area contributed by atoms with E-state index in [0.717, 1.165) is 17.1 Å². The van der Waals surface area contributed by atoms with Crippen molar-refractivity contribution in [1.29, 1.82) is 0 Å². The molecule has 1 fully saturated rings. The lowest BCUT2D eigenvalue weighted by molar-refractivity contribution is -0.191. The van der Waals surface area contributed by atoms with Crippen molar-refractivity contribution in [3.8, 4) is 11.8 Å². The maximum Gasteiger partial charge on any atom is 0.491 e. The molecule has 3 heterocycles. The molecule has 0 aliphatic carbocycles. The molecular formula is C23H20F5N7O3. The van der Waals surface area contributed by atoms with Gasteiger partial charge in [0, 0.05) is 38.4 Å². The number of amides is 2. The smallest absolute Gasteiger partial charge is 0.403 e. The second kappa shape index (κ2) is 11.0. The van der Waals surface area contributed by atoms with Crippen LogP contribution in [0.1, 0.15) is 23.7 Å². The lowest BCUT2D eigenvalue weighted by Gasteiger charge is -2.36. The highest BCUT2D eigenvalue weighted by atomic mass is 19.4. The molecule has 0 bridgehead atoms.